The predicted molar refractivity (Wildman–Crippen MR) is 97.8 cm³/mol. The minimum atomic E-state index is -0.496. The molecule has 1 atom stereocenters. The highest BCUT2D eigenvalue weighted by atomic mass is 32.1. The van der Waals surface area contributed by atoms with E-state index in [1.54, 1.807) is 11.0 Å². The van der Waals surface area contributed by atoms with E-state index >= 15 is 0 Å². The number of ether oxygens (including phenoxy) is 1. The Kier molecular flexibility index (Phi) is 4.50. The van der Waals surface area contributed by atoms with Crippen molar-refractivity contribution < 1.29 is 14.3 Å². The van der Waals surface area contributed by atoms with Gasteiger partial charge in [0.25, 0.3) is 5.91 Å². The van der Waals surface area contributed by atoms with Crippen LogP contribution in [-0.4, -0.2) is 34.3 Å². The molecule has 0 bridgehead atoms. The number of thiophene rings is 1. The van der Waals surface area contributed by atoms with Crippen LogP contribution in [0.4, 0.5) is 0 Å². The minimum absolute atomic E-state index is 0.0885. The van der Waals surface area contributed by atoms with Crippen LogP contribution in [0.2, 0.25) is 0 Å². The summed E-state index contributed by atoms with van der Waals surface area (Å²) < 4.78 is 6.53. The van der Waals surface area contributed by atoms with Gasteiger partial charge in [-0.2, -0.15) is 0 Å². The molecule has 0 spiro atoms. The first-order chi connectivity index (χ1) is 12.2. The van der Waals surface area contributed by atoms with Gasteiger partial charge in [0.1, 0.15) is 17.7 Å². The molecular formula is C18H16N2O3S2. The van der Waals surface area contributed by atoms with Crippen LogP contribution < -0.4 is 0 Å². The smallest absolute Gasteiger partial charge is 0.329 e. The largest absolute Gasteiger partial charge is 0.457 e. The van der Waals surface area contributed by atoms with Crippen LogP contribution in [0.25, 0.3) is 10.2 Å². The van der Waals surface area contributed by atoms with Crippen LogP contribution in [0.15, 0.2) is 41.8 Å². The zero-order valence-electron chi connectivity index (χ0n) is 13.4. The minimum Gasteiger partial charge on any atom is -0.457 e. The number of rotatable bonds is 4. The second-order valence-corrected chi connectivity index (χ2v) is 7.88. The number of carbonyl (C=O) groups is 2. The zero-order chi connectivity index (χ0) is 17.2. The summed E-state index contributed by atoms with van der Waals surface area (Å²) in [7, 11) is 0. The predicted octanol–water partition coefficient (Wildman–Crippen LogP) is 3.71. The van der Waals surface area contributed by atoms with E-state index in [0.29, 0.717) is 17.8 Å². The number of benzene rings is 1. The topological polar surface area (TPSA) is 59.5 Å². The highest BCUT2D eigenvalue weighted by Crippen LogP contribution is 2.25. The van der Waals surface area contributed by atoms with Crippen LogP contribution in [0, 0.1) is 0 Å². The third-order valence-electron chi connectivity index (χ3n) is 4.19. The first-order valence-corrected chi connectivity index (χ1v) is 9.77. The Labute approximate surface area is 152 Å². The van der Waals surface area contributed by atoms with Gasteiger partial charge < -0.3 is 9.64 Å². The van der Waals surface area contributed by atoms with E-state index in [0.717, 1.165) is 21.6 Å². The molecule has 5 nitrogen and oxygen atoms in total. The van der Waals surface area contributed by atoms with Gasteiger partial charge in [0.2, 0.25) is 0 Å². The van der Waals surface area contributed by atoms with Crippen molar-refractivity contribution in [1.29, 1.82) is 0 Å². The standard InChI is InChI=1S/C18H16N2O3S2/c21-17(15-8-4-10-24-15)20-9-3-6-13(20)18(22)23-11-16-19-12-5-1-2-7-14(12)25-16/h1-2,4-5,7-8,10,13H,3,6,9,11H2. The monoisotopic (exact) mass is 372 g/mol. The van der Waals surface area contributed by atoms with E-state index in [9.17, 15) is 9.59 Å². The lowest BCUT2D eigenvalue weighted by Crippen LogP contribution is -2.41. The van der Waals surface area contributed by atoms with Crippen molar-refractivity contribution in [3.8, 4) is 0 Å². The zero-order valence-corrected chi connectivity index (χ0v) is 15.0. The molecule has 3 aromatic rings. The van der Waals surface area contributed by atoms with Crippen molar-refractivity contribution in [2.45, 2.75) is 25.5 Å². The summed E-state index contributed by atoms with van der Waals surface area (Å²) in [6.07, 6.45) is 1.47. The lowest BCUT2D eigenvalue weighted by molar-refractivity contribution is -0.149. The number of hydrogen-bond acceptors (Lipinski definition) is 6. The number of likely N-dealkylation sites (tertiary alicyclic amines) is 1. The van der Waals surface area contributed by atoms with Gasteiger partial charge in [-0.3, -0.25) is 4.79 Å². The summed E-state index contributed by atoms with van der Waals surface area (Å²) in [5, 5.41) is 2.63. The molecule has 1 fully saturated rings. The number of thiazole rings is 1. The average molecular weight is 372 g/mol. The molecule has 0 N–H and O–H groups in total. The first kappa shape index (κ1) is 16.2. The number of carbonyl (C=O) groups excluding carboxylic acids is 2. The van der Waals surface area contributed by atoms with Gasteiger partial charge in [-0.15, -0.1) is 22.7 Å². The van der Waals surface area contributed by atoms with Gasteiger partial charge in [-0.1, -0.05) is 18.2 Å². The summed E-state index contributed by atoms with van der Waals surface area (Å²) in [6.45, 7) is 0.743. The van der Waals surface area contributed by atoms with E-state index in [1.165, 1.54) is 22.7 Å². The average Bonchev–Trinajstić information content (AvgIpc) is 3.38. The lowest BCUT2D eigenvalue weighted by Gasteiger charge is -2.22. The second kappa shape index (κ2) is 6.93. The molecule has 25 heavy (non-hydrogen) atoms. The van der Waals surface area contributed by atoms with Crippen molar-refractivity contribution in [1.82, 2.24) is 9.88 Å². The van der Waals surface area contributed by atoms with Gasteiger partial charge in [-0.05, 0) is 36.4 Å². The molecule has 1 saturated heterocycles. The molecule has 1 amide bonds. The van der Waals surface area contributed by atoms with E-state index in [-0.39, 0.29) is 18.5 Å². The molecule has 0 saturated carbocycles. The van der Waals surface area contributed by atoms with E-state index in [4.69, 9.17) is 4.74 Å². The number of fused-ring (bicyclic) bond motifs is 1. The van der Waals surface area contributed by atoms with Gasteiger partial charge in [0.05, 0.1) is 15.1 Å². The Morgan fingerprint density at radius 2 is 2.12 bits per heavy atom. The molecule has 1 aliphatic heterocycles. The van der Waals surface area contributed by atoms with Crippen LogP contribution in [0.3, 0.4) is 0 Å². The molecular weight excluding hydrogens is 356 g/mol. The van der Waals surface area contributed by atoms with Gasteiger partial charge in [-0.25, -0.2) is 9.78 Å². The highest BCUT2D eigenvalue weighted by molar-refractivity contribution is 7.18. The summed E-state index contributed by atoms with van der Waals surface area (Å²) in [4.78, 5) is 31.8. The number of hydrogen-bond donors (Lipinski definition) is 0. The summed E-state index contributed by atoms with van der Waals surface area (Å²) >= 11 is 2.91. The SMILES string of the molecule is O=C(OCc1nc2ccccc2s1)C1CCCN1C(=O)c1cccs1. The summed E-state index contributed by atoms with van der Waals surface area (Å²) in [5.74, 6) is -0.434. The third-order valence-corrected chi connectivity index (χ3v) is 6.06. The normalized spacial score (nSPS) is 17.1. The summed E-state index contributed by atoms with van der Waals surface area (Å²) in [6, 6.07) is 11.0. The van der Waals surface area contributed by atoms with Crippen molar-refractivity contribution >= 4 is 44.8 Å². The molecule has 4 rings (SSSR count). The molecule has 128 valence electrons. The van der Waals surface area contributed by atoms with Gasteiger partial charge in [0, 0.05) is 6.54 Å². The van der Waals surface area contributed by atoms with Crippen molar-refractivity contribution in [2.24, 2.45) is 0 Å². The van der Waals surface area contributed by atoms with E-state index in [2.05, 4.69) is 4.98 Å². The Morgan fingerprint density at radius 3 is 2.92 bits per heavy atom. The molecule has 1 aromatic carbocycles. The van der Waals surface area contributed by atoms with Crippen LogP contribution in [0.5, 0.6) is 0 Å². The van der Waals surface area contributed by atoms with E-state index in [1.807, 2.05) is 35.7 Å². The Hall–Kier alpha value is -2.25. The lowest BCUT2D eigenvalue weighted by atomic mass is 10.2. The fraction of sp³-hybridized carbons (Fsp3) is 0.278. The van der Waals surface area contributed by atoms with Crippen LogP contribution >= 0.6 is 22.7 Å². The fourth-order valence-electron chi connectivity index (χ4n) is 3.01. The van der Waals surface area contributed by atoms with Crippen molar-refractivity contribution in [3.05, 3.63) is 51.7 Å². The Bertz CT molecular complexity index is 871. The molecule has 1 unspecified atom stereocenters. The molecule has 3 heterocycles. The Morgan fingerprint density at radius 1 is 1.24 bits per heavy atom. The molecule has 1 aliphatic rings. The molecule has 0 aliphatic carbocycles. The molecule has 7 heteroatoms. The maximum atomic E-state index is 12.5. The van der Waals surface area contributed by atoms with E-state index < -0.39 is 6.04 Å². The number of aromatic nitrogens is 1. The second-order valence-electron chi connectivity index (χ2n) is 5.82. The molecule has 0 radical (unpaired) electrons. The van der Waals surface area contributed by atoms with Crippen LogP contribution in [0.1, 0.15) is 27.5 Å². The van der Waals surface area contributed by atoms with Gasteiger partial charge >= 0.3 is 5.97 Å². The number of amides is 1. The maximum absolute atomic E-state index is 12.5. The number of nitrogens with zero attached hydrogens (tertiary/aromatic N) is 2. The quantitative estimate of drug-likeness (QED) is 0.655. The van der Waals surface area contributed by atoms with Crippen molar-refractivity contribution in [2.75, 3.05) is 6.54 Å². The van der Waals surface area contributed by atoms with Crippen molar-refractivity contribution in [3.63, 3.8) is 0 Å². The Balaban J connectivity index is 1.42. The highest BCUT2D eigenvalue weighted by Gasteiger charge is 2.36. The first-order valence-electron chi connectivity index (χ1n) is 8.08. The fourth-order valence-corrected chi connectivity index (χ4v) is 4.57. The molecule has 2 aromatic heterocycles. The summed E-state index contributed by atoms with van der Waals surface area (Å²) in [5.41, 5.74) is 0.911. The maximum Gasteiger partial charge on any atom is 0.329 e. The number of esters is 1. The van der Waals surface area contributed by atoms with Gasteiger partial charge in [0.15, 0.2) is 0 Å². The van der Waals surface area contributed by atoms with Crippen LogP contribution in [-0.2, 0) is 16.1 Å². The third kappa shape index (κ3) is 3.29. The number of para-hydroxylation sites is 1.